The largest absolute Gasteiger partial charge is 0.504 e. The smallest absolute Gasteiger partial charge is 0.335 e. The molecule has 5 aliphatic rings. The monoisotopic (exact) mass is 461 g/mol. The summed E-state index contributed by atoms with van der Waals surface area (Å²) in [6, 6.07) is 3.85. The molecule has 10 atom stereocenters. The van der Waals surface area contributed by atoms with Crippen molar-refractivity contribution in [2.45, 2.75) is 67.2 Å². The Hall–Kier alpha value is -2.21. The molecule has 0 radical (unpaired) electrons. The molecule has 1 spiro atoms. The van der Waals surface area contributed by atoms with E-state index in [1.807, 2.05) is 12.1 Å². The Kier molecular flexibility index (Phi) is 4.62. The maximum Gasteiger partial charge on any atom is 0.335 e. The van der Waals surface area contributed by atoms with Crippen LogP contribution in [0, 0.1) is 5.92 Å². The van der Waals surface area contributed by atoms with Crippen LogP contribution < -0.4 is 4.74 Å². The minimum atomic E-state index is -1.79. The first kappa shape index (κ1) is 21.3. The van der Waals surface area contributed by atoms with Crippen molar-refractivity contribution in [3.8, 4) is 11.5 Å². The first-order valence-electron chi connectivity index (χ1n) is 11.2. The highest BCUT2D eigenvalue weighted by Crippen LogP contribution is 2.62. The topological polar surface area (TPSA) is 149 Å². The number of aliphatic hydroxyl groups is 3. The lowest BCUT2D eigenvalue weighted by molar-refractivity contribution is -0.307. The average molecular weight is 461 g/mol. The molecule has 0 amide bonds. The van der Waals surface area contributed by atoms with Gasteiger partial charge in [-0.25, -0.2) is 4.79 Å². The van der Waals surface area contributed by atoms with E-state index < -0.39 is 54.3 Å². The number of hydrogen-bond donors (Lipinski definition) is 5. The first-order valence-corrected chi connectivity index (χ1v) is 11.2. The molecule has 33 heavy (non-hydrogen) atoms. The third-order valence-electron chi connectivity index (χ3n) is 8.23. The minimum Gasteiger partial charge on any atom is -0.504 e. The lowest BCUT2D eigenvalue weighted by atomic mass is 9.53. The second-order valence-corrected chi connectivity index (χ2v) is 9.78. The van der Waals surface area contributed by atoms with Gasteiger partial charge in [0.1, 0.15) is 30.5 Å². The number of rotatable bonds is 3. The van der Waals surface area contributed by atoms with Crippen molar-refractivity contribution in [3.05, 3.63) is 35.4 Å². The van der Waals surface area contributed by atoms with Gasteiger partial charge in [0.15, 0.2) is 23.9 Å². The molecule has 0 unspecified atom stereocenters. The van der Waals surface area contributed by atoms with E-state index in [4.69, 9.17) is 14.2 Å². The standard InChI is InChI=1S/C23H27NO9/c1-24-7-6-23-10-3-5-13(31-22-17(28)15(26)16(27)19(33-22)21(29)30)20(23)32-18-12(25)4-2-9(14(18)23)8-11(10)24/h2-5,10-11,13,15-17,19-20,22,25-28H,6-8H2,1H3,(H,29,30)/t10-,11-,13+,15+,16+,17-,19+,20+,22-,23+/m1/s1. The normalized spacial score (nSPS) is 45.4. The minimum absolute atomic E-state index is 0.0610. The fourth-order valence-corrected chi connectivity index (χ4v) is 6.66. The summed E-state index contributed by atoms with van der Waals surface area (Å²) in [5.74, 6) is -0.824. The number of hydrogen-bond acceptors (Lipinski definition) is 9. The van der Waals surface area contributed by atoms with Gasteiger partial charge in [0.25, 0.3) is 0 Å². The number of benzene rings is 1. The van der Waals surface area contributed by atoms with Crippen molar-refractivity contribution in [3.63, 3.8) is 0 Å². The Morgan fingerprint density at radius 2 is 1.97 bits per heavy atom. The van der Waals surface area contributed by atoms with E-state index in [2.05, 4.69) is 18.0 Å². The van der Waals surface area contributed by atoms with Crippen LogP contribution in [-0.4, -0.2) is 98.9 Å². The third-order valence-corrected chi connectivity index (χ3v) is 8.23. The van der Waals surface area contributed by atoms with E-state index in [-0.39, 0.29) is 17.7 Å². The highest BCUT2D eigenvalue weighted by molar-refractivity contribution is 5.73. The quantitative estimate of drug-likeness (QED) is 0.359. The number of aromatic hydroxyl groups is 1. The maximum atomic E-state index is 11.5. The summed E-state index contributed by atoms with van der Waals surface area (Å²) in [6.07, 6.45) is -4.16. The van der Waals surface area contributed by atoms with Gasteiger partial charge in [0.2, 0.25) is 0 Å². The number of likely N-dealkylation sites (N-methyl/N-ethyl adjacent to an activating group) is 1. The number of ether oxygens (including phenoxy) is 3. The Labute approximate surface area is 189 Å². The van der Waals surface area contributed by atoms with E-state index in [0.717, 1.165) is 30.5 Å². The maximum absolute atomic E-state index is 11.5. The molecule has 2 saturated heterocycles. The molecule has 2 bridgehead atoms. The van der Waals surface area contributed by atoms with Crippen LogP contribution in [0.25, 0.3) is 0 Å². The second-order valence-electron chi connectivity index (χ2n) is 9.78. The van der Waals surface area contributed by atoms with Crippen LogP contribution >= 0.6 is 0 Å². The van der Waals surface area contributed by atoms with Gasteiger partial charge < -0.3 is 44.6 Å². The van der Waals surface area contributed by atoms with Crippen molar-refractivity contribution in [2.75, 3.05) is 13.6 Å². The number of aliphatic carboxylic acids is 1. The zero-order valence-corrected chi connectivity index (χ0v) is 17.9. The van der Waals surface area contributed by atoms with Gasteiger partial charge >= 0.3 is 5.97 Å². The number of likely N-dealkylation sites (tertiary alicyclic amines) is 1. The molecule has 1 aromatic carbocycles. The molecule has 178 valence electrons. The van der Waals surface area contributed by atoms with Crippen molar-refractivity contribution < 1.29 is 44.5 Å². The summed E-state index contributed by atoms with van der Waals surface area (Å²) in [4.78, 5) is 13.8. The van der Waals surface area contributed by atoms with Crippen molar-refractivity contribution in [2.24, 2.45) is 5.92 Å². The first-order chi connectivity index (χ1) is 15.7. The zero-order chi connectivity index (χ0) is 23.2. The predicted octanol–water partition coefficient (Wildman–Crippen LogP) is -0.885. The van der Waals surface area contributed by atoms with Crippen molar-refractivity contribution in [1.29, 1.82) is 0 Å². The molecule has 0 aromatic heterocycles. The van der Waals surface area contributed by atoms with Gasteiger partial charge in [-0.3, -0.25) is 0 Å². The lowest BCUT2D eigenvalue weighted by Crippen LogP contribution is -2.66. The average Bonchev–Trinajstić information content (AvgIpc) is 3.14. The SMILES string of the molecule is CN1CC[C@]23c4c5ccc(O)c4O[C@H]2[C@@H](O[C@@H]2O[C@H](C(=O)O)[C@@H](O)[C@H](O)[C@H]2O)C=C[C@@H]3[C@H]1C5. The molecule has 0 saturated carbocycles. The molecule has 3 heterocycles. The van der Waals surface area contributed by atoms with E-state index >= 15 is 0 Å². The van der Waals surface area contributed by atoms with Crippen molar-refractivity contribution >= 4 is 5.97 Å². The lowest BCUT2D eigenvalue weighted by Gasteiger charge is -2.57. The number of nitrogens with zero attached hydrogens (tertiary/aromatic N) is 1. The highest BCUT2D eigenvalue weighted by Gasteiger charge is 2.65. The number of piperidine rings is 1. The number of carbonyl (C=O) groups is 1. The van der Waals surface area contributed by atoms with E-state index in [1.165, 1.54) is 0 Å². The third kappa shape index (κ3) is 2.73. The van der Waals surface area contributed by atoms with Crippen LogP contribution in [0.3, 0.4) is 0 Å². The predicted molar refractivity (Wildman–Crippen MR) is 111 cm³/mol. The number of carboxylic acid groups (broad SMARTS) is 1. The summed E-state index contributed by atoms with van der Waals surface area (Å²) >= 11 is 0. The highest BCUT2D eigenvalue weighted by atomic mass is 16.7. The van der Waals surface area contributed by atoms with Crippen molar-refractivity contribution in [1.82, 2.24) is 4.90 Å². The van der Waals surface area contributed by atoms with Gasteiger partial charge in [0, 0.05) is 22.9 Å². The van der Waals surface area contributed by atoms with Gasteiger partial charge in [-0.1, -0.05) is 18.2 Å². The molecule has 2 aliphatic carbocycles. The van der Waals surface area contributed by atoms with Gasteiger partial charge in [-0.05, 0) is 38.1 Å². The molecule has 5 N–H and O–H groups in total. The van der Waals surface area contributed by atoms with Gasteiger partial charge in [-0.2, -0.15) is 0 Å². The number of carboxylic acids is 1. The van der Waals surface area contributed by atoms with Crippen LogP contribution in [0.2, 0.25) is 0 Å². The molecule has 6 rings (SSSR count). The van der Waals surface area contributed by atoms with Crippen LogP contribution in [0.5, 0.6) is 11.5 Å². The number of phenols is 1. The summed E-state index contributed by atoms with van der Waals surface area (Å²) in [6.45, 7) is 0.838. The fraction of sp³-hybridized carbons (Fsp3) is 0.609. The summed E-state index contributed by atoms with van der Waals surface area (Å²) in [5.41, 5.74) is 1.69. The number of aliphatic hydroxyl groups excluding tert-OH is 3. The molecular formula is C23H27NO9. The van der Waals surface area contributed by atoms with Gasteiger partial charge in [0.05, 0.1) is 0 Å². The second kappa shape index (κ2) is 7.14. The molecular weight excluding hydrogens is 434 g/mol. The zero-order valence-electron chi connectivity index (χ0n) is 17.9. The molecule has 1 aromatic rings. The Balaban J connectivity index is 1.38. The summed E-state index contributed by atoms with van der Waals surface area (Å²) in [7, 11) is 2.11. The van der Waals surface area contributed by atoms with E-state index in [1.54, 1.807) is 6.07 Å². The summed E-state index contributed by atoms with van der Waals surface area (Å²) in [5, 5.41) is 50.5. The van der Waals surface area contributed by atoms with E-state index in [9.17, 15) is 30.3 Å². The Bertz CT molecular complexity index is 1030. The molecule has 10 nitrogen and oxygen atoms in total. The van der Waals surface area contributed by atoms with E-state index in [0.29, 0.717) is 5.75 Å². The van der Waals surface area contributed by atoms with Gasteiger partial charge in [-0.15, -0.1) is 0 Å². The Morgan fingerprint density at radius 1 is 1.18 bits per heavy atom. The number of phenolic OH excluding ortho intramolecular Hbond substituents is 1. The summed E-state index contributed by atoms with van der Waals surface area (Å²) < 4.78 is 17.7. The molecule has 3 aliphatic heterocycles. The van der Waals surface area contributed by atoms with Crippen LogP contribution in [-0.2, 0) is 26.1 Å². The van der Waals surface area contributed by atoms with Crippen LogP contribution in [0.1, 0.15) is 17.5 Å². The van der Waals surface area contributed by atoms with Crippen LogP contribution in [0.4, 0.5) is 0 Å². The van der Waals surface area contributed by atoms with Crippen LogP contribution in [0.15, 0.2) is 24.3 Å². The Morgan fingerprint density at radius 3 is 2.73 bits per heavy atom. The fourth-order valence-electron chi connectivity index (χ4n) is 6.66. The molecule has 10 heteroatoms. The molecule has 2 fully saturated rings.